The molecule has 1 saturated carbocycles. The van der Waals surface area contributed by atoms with Gasteiger partial charge in [0.25, 0.3) is 0 Å². The van der Waals surface area contributed by atoms with E-state index in [1.54, 1.807) is 0 Å². The van der Waals surface area contributed by atoms with E-state index in [2.05, 4.69) is 4.74 Å². The molecule has 0 aromatic heterocycles. The smallest absolute Gasteiger partial charge is 0.338 e. The average molecular weight is 280 g/mol. The lowest BCUT2D eigenvalue weighted by atomic mass is 10.0. The molecule has 1 aliphatic carbocycles. The first-order valence-electron chi connectivity index (χ1n) is 7.64. The normalized spacial score (nSPS) is 21.3. The van der Waals surface area contributed by atoms with Crippen LogP contribution in [0.15, 0.2) is 12.2 Å². The monoisotopic (exact) mass is 280 g/mol. The summed E-state index contributed by atoms with van der Waals surface area (Å²) in [5, 5.41) is 0. The van der Waals surface area contributed by atoms with Crippen LogP contribution in [-0.4, -0.2) is 17.7 Å². The van der Waals surface area contributed by atoms with Crippen LogP contribution in [0.4, 0.5) is 0 Å². The predicted octanol–water partition coefficient (Wildman–Crippen LogP) is 3.49. The van der Waals surface area contributed by atoms with Gasteiger partial charge in [-0.25, -0.2) is 9.59 Å². The number of Topliss-reactive ketones (excluding diaryl/α,β-unsaturated/α-hetero) is 1. The molecule has 1 fully saturated rings. The van der Waals surface area contributed by atoms with Crippen molar-refractivity contribution in [3.05, 3.63) is 12.2 Å². The zero-order valence-electron chi connectivity index (χ0n) is 12.1. The van der Waals surface area contributed by atoms with Crippen LogP contribution in [0.2, 0.25) is 0 Å². The maximum Gasteiger partial charge on any atom is 0.338 e. The Morgan fingerprint density at radius 2 is 0.950 bits per heavy atom. The fourth-order valence-corrected chi connectivity index (χ4v) is 2.31. The van der Waals surface area contributed by atoms with Gasteiger partial charge in [0.05, 0.1) is 0 Å². The first kappa shape index (κ1) is 16.6. The molecule has 2 rings (SSSR count). The minimum atomic E-state index is -0.579. The van der Waals surface area contributed by atoms with Crippen LogP contribution < -0.4 is 0 Å². The Morgan fingerprint density at radius 1 is 0.600 bits per heavy atom. The summed E-state index contributed by atoms with van der Waals surface area (Å²) in [6.45, 7) is 0. The molecule has 0 N–H and O–H groups in total. The molecule has 4 nitrogen and oxygen atoms in total. The fourth-order valence-electron chi connectivity index (χ4n) is 2.31. The number of ketones is 1. The third kappa shape index (κ3) is 8.62. The number of carbonyl (C=O) groups is 3. The van der Waals surface area contributed by atoms with Crippen molar-refractivity contribution < 1.29 is 19.1 Å². The van der Waals surface area contributed by atoms with E-state index in [-0.39, 0.29) is 0 Å². The molecule has 4 heteroatoms. The van der Waals surface area contributed by atoms with E-state index in [0.717, 1.165) is 37.8 Å². The second kappa shape index (κ2) is 10.4. The highest BCUT2D eigenvalue weighted by molar-refractivity contribution is 6.04. The van der Waals surface area contributed by atoms with E-state index in [9.17, 15) is 14.4 Å². The Balaban J connectivity index is 0.000000240. The van der Waals surface area contributed by atoms with Crippen molar-refractivity contribution in [2.24, 2.45) is 0 Å². The molecule has 0 atom stereocenters. The van der Waals surface area contributed by atoms with E-state index in [0.29, 0.717) is 5.78 Å². The summed E-state index contributed by atoms with van der Waals surface area (Å²) >= 11 is 0. The van der Waals surface area contributed by atoms with Gasteiger partial charge in [-0.05, 0) is 12.8 Å². The molecule has 0 amide bonds. The number of rotatable bonds is 0. The first-order valence-corrected chi connectivity index (χ1v) is 7.64. The molecule has 0 bridgehead atoms. The highest BCUT2D eigenvalue weighted by atomic mass is 16.6. The van der Waals surface area contributed by atoms with Crippen LogP contribution in [0.3, 0.4) is 0 Å². The number of hydrogen-bond donors (Lipinski definition) is 0. The minimum absolute atomic E-state index is 0.501. The predicted molar refractivity (Wildman–Crippen MR) is 76.0 cm³/mol. The summed E-state index contributed by atoms with van der Waals surface area (Å²) in [6.07, 6.45) is 15.5. The Kier molecular flexibility index (Phi) is 8.59. The lowest BCUT2D eigenvalue weighted by molar-refractivity contribution is -0.150. The van der Waals surface area contributed by atoms with Gasteiger partial charge in [0.2, 0.25) is 0 Å². The number of carbonyl (C=O) groups excluding carboxylic acids is 3. The van der Waals surface area contributed by atoms with Gasteiger partial charge in [-0.2, -0.15) is 0 Å². The lowest BCUT2D eigenvalue weighted by Crippen LogP contribution is -1.98. The highest BCUT2D eigenvalue weighted by Gasteiger charge is 2.10. The van der Waals surface area contributed by atoms with Crippen LogP contribution in [0.5, 0.6) is 0 Å². The second-order valence-corrected chi connectivity index (χ2v) is 5.29. The molecule has 0 aromatic rings. The van der Waals surface area contributed by atoms with Crippen molar-refractivity contribution >= 4 is 17.7 Å². The maximum atomic E-state index is 11.3. The number of cyclic esters (lactones) is 2. The average Bonchev–Trinajstić information content (AvgIpc) is 2.78. The zero-order chi connectivity index (χ0) is 14.6. The third-order valence-corrected chi connectivity index (χ3v) is 3.47. The summed E-state index contributed by atoms with van der Waals surface area (Å²) < 4.78 is 3.97. The van der Waals surface area contributed by atoms with Gasteiger partial charge in [-0.15, -0.1) is 0 Å². The molecule has 1 aliphatic heterocycles. The SMILES string of the molecule is O=C1C=CC(=O)O1.O=C1CCCCCCCCCCC1. The van der Waals surface area contributed by atoms with Crippen molar-refractivity contribution in [1.29, 1.82) is 0 Å². The molecular weight excluding hydrogens is 256 g/mol. The van der Waals surface area contributed by atoms with E-state index >= 15 is 0 Å². The van der Waals surface area contributed by atoms with Gasteiger partial charge in [0.1, 0.15) is 5.78 Å². The van der Waals surface area contributed by atoms with Crippen molar-refractivity contribution in [3.63, 3.8) is 0 Å². The summed E-state index contributed by atoms with van der Waals surface area (Å²) in [6, 6.07) is 0. The molecule has 0 spiro atoms. The van der Waals surface area contributed by atoms with Gasteiger partial charge in [0, 0.05) is 25.0 Å². The van der Waals surface area contributed by atoms with Crippen molar-refractivity contribution in [2.75, 3.05) is 0 Å². The van der Waals surface area contributed by atoms with E-state index in [1.807, 2.05) is 0 Å². The second-order valence-electron chi connectivity index (χ2n) is 5.29. The van der Waals surface area contributed by atoms with E-state index in [1.165, 1.54) is 44.9 Å². The summed E-state index contributed by atoms with van der Waals surface area (Å²) in [5.41, 5.74) is 0. The Labute approximate surface area is 120 Å². The molecule has 0 radical (unpaired) electrons. The first-order chi connectivity index (χ1) is 9.68. The van der Waals surface area contributed by atoms with Crippen molar-refractivity contribution in [2.45, 2.75) is 70.6 Å². The number of esters is 2. The lowest BCUT2D eigenvalue weighted by Gasteiger charge is -2.05. The van der Waals surface area contributed by atoms with Gasteiger partial charge in [-0.3, -0.25) is 4.79 Å². The molecule has 0 unspecified atom stereocenters. The van der Waals surface area contributed by atoms with Crippen LogP contribution in [0.25, 0.3) is 0 Å². The zero-order valence-corrected chi connectivity index (χ0v) is 12.1. The standard InChI is InChI=1S/C12H22O.C4H2O3/c13-12-10-8-6-4-2-1-3-5-7-9-11-12;5-3-1-2-4(6)7-3/h1-11H2;1-2H. The number of ether oxygens (including phenoxy) is 1. The Morgan fingerprint density at radius 3 is 1.25 bits per heavy atom. The van der Waals surface area contributed by atoms with Gasteiger partial charge in [0.15, 0.2) is 0 Å². The molecule has 0 saturated heterocycles. The number of hydrogen-bond acceptors (Lipinski definition) is 4. The van der Waals surface area contributed by atoms with Crippen LogP contribution in [-0.2, 0) is 19.1 Å². The Bertz CT molecular complexity index is 327. The maximum absolute atomic E-state index is 11.3. The van der Waals surface area contributed by atoms with E-state index < -0.39 is 11.9 Å². The van der Waals surface area contributed by atoms with Gasteiger partial charge < -0.3 is 4.74 Å². The largest absolute Gasteiger partial charge is 0.387 e. The fraction of sp³-hybridized carbons (Fsp3) is 0.688. The minimum Gasteiger partial charge on any atom is -0.387 e. The van der Waals surface area contributed by atoms with Crippen LogP contribution >= 0.6 is 0 Å². The van der Waals surface area contributed by atoms with E-state index in [4.69, 9.17) is 0 Å². The molecule has 0 aromatic carbocycles. The van der Waals surface area contributed by atoms with Crippen molar-refractivity contribution in [3.8, 4) is 0 Å². The highest BCUT2D eigenvalue weighted by Crippen LogP contribution is 2.14. The molecular formula is C16H24O4. The summed E-state index contributed by atoms with van der Waals surface area (Å²) in [5.74, 6) is -0.657. The summed E-state index contributed by atoms with van der Waals surface area (Å²) in [4.78, 5) is 31.1. The topological polar surface area (TPSA) is 60.4 Å². The quantitative estimate of drug-likeness (QED) is 0.503. The third-order valence-electron chi connectivity index (χ3n) is 3.47. The van der Waals surface area contributed by atoms with Crippen LogP contribution in [0, 0.1) is 0 Å². The van der Waals surface area contributed by atoms with Gasteiger partial charge in [-0.1, -0.05) is 44.9 Å². The van der Waals surface area contributed by atoms with Crippen LogP contribution in [0.1, 0.15) is 70.6 Å². The van der Waals surface area contributed by atoms with Gasteiger partial charge >= 0.3 is 11.9 Å². The molecule has 20 heavy (non-hydrogen) atoms. The molecule has 1 heterocycles. The molecule has 112 valence electrons. The summed E-state index contributed by atoms with van der Waals surface area (Å²) in [7, 11) is 0. The van der Waals surface area contributed by atoms with Crippen molar-refractivity contribution in [1.82, 2.24) is 0 Å². The molecule has 2 aliphatic rings. The Hall–Kier alpha value is -1.45.